The number of anilines is 1. The zero-order chi connectivity index (χ0) is 19.1. The minimum atomic E-state index is 0. The molecule has 1 aromatic carbocycles. The van der Waals surface area contributed by atoms with Gasteiger partial charge in [-0.25, -0.2) is 0 Å². The van der Waals surface area contributed by atoms with Crippen LogP contribution in [0.25, 0.3) is 0 Å². The van der Waals surface area contributed by atoms with Gasteiger partial charge < -0.3 is 24.8 Å². The molecule has 1 aromatic rings. The molecule has 6 nitrogen and oxygen atoms in total. The second-order valence-electron chi connectivity index (χ2n) is 7.71. The van der Waals surface area contributed by atoms with Crippen molar-refractivity contribution in [2.24, 2.45) is 4.99 Å². The molecule has 0 radical (unpaired) electrons. The molecule has 0 saturated carbocycles. The Morgan fingerprint density at radius 1 is 1.11 bits per heavy atom. The lowest BCUT2D eigenvalue weighted by Crippen LogP contribution is -2.54. The number of hydrogen-bond acceptors (Lipinski definition) is 4. The maximum atomic E-state index is 5.59. The molecule has 1 N–H and O–H groups in total. The van der Waals surface area contributed by atoms with Crippen molar-refractivity contribution < 1.29 is 4.74 Å². The van der Waals surface area contributed by atoms with Crippen LogP contribution in [-0.2, 0) is 4.74 Å². The number of likely N-dealkylation sites (N-methyl/N-ethyl adjacent to an activating group) is 1. The maximum Gasteiger partial charge on any atom is 0.194 e. The van der Waals surface area contributed by atoms with Gasteiger partial charge in [-0.1, -0.05) is 18.2 Å². The van der Waals surface area contributed by atoms with Gasteiger partial charge in [-0.3, -0.25) is 4.99 Å². The molecule has 0 spiro atoms. The van der Waals surface area contributed by atoms with Crippen LogP contribution in [0.15, 0.2) is 35.3 Å². The Morgan fingerprint density at radius 2 is 1.75 bits per heavy atom. The highest BCUT2D eigenvalue weighted by Crippen LogP contribution is 2.26. The minimum Gasteiger partial charge on any atom is -0.381 e. The summed E-state index contributed by atoms with van der Waals surface area (Å²) in [6.07, 6.45) is 2.09. The van der Waals surface area contributed by atoms with Gasteiger partial charge in [0.25, 0.3) is 0 Å². The zero-order valence-corrected chi connectivity index (χ0v) is 19.9. The monoisotopic (exact) mass is 501 g/mol. The Kier molecular flexibility index (Phi) is 9.30. The quantitative estimate of drug-likeness (QED) is 0.382. The molecule has 28 heavy (non-hydrogen) atoms. The van der Waals surface area contributed by atoms with E-state index in [1.54, 1.807) is 0 Å². The predicted molar refractivity (Wildman–Crippen MR) is 128 cm³/mol. The van der Waals surface area contributed by atoms with Crippen molar-refractivity contribution in [3.63, 3.8) is 0 Å². The molecule has 2 aliphatic heterocycles. The largest absolute Gasteiger partial charge is 0.381 e. The van der Waals surface area contributed by atoms with Crippen molar-refractivity contribution >= 4 is 35.6 Å². The number of ether oxygens (including phenoxy) is 1. The van der Waals surface area contributed by atoms with Gasteiger partial charge in [0.05, 0.1) is 6.54 Å². The van der Waals surface area contributed by atoms with Crippen molar-refractivity contribution in [2.45, 2.75) is 25.3 Å². The van der Waals surface area contributed by atoms with Crippen molar-refractivity contribution in [1.82, 2.24) is 15.1 Å². The van der Waals surface area contributed by atoms with Gasteiger partial charge in [0.1, 0.15) is 0 Å². The van der Waals surface area contributed by atoms with Crippen LogP contribution in [0.5, 0.6) is 0 Å². The third kappa shape index (κ3) is 5.73. The summed E-state index contributed by atoms with van der Waals surface area (Å²) in [4.78, 5) is 12.3. The molecule has 158 valence electrons. The number of nitrogens with zero attached hydrogens (tertiary/aromatic N) is 4. The van der Waals surface area contributed by atoms with E-state index in [2.05, 4.69) is 71.4 Å². The molecule has 0 aliphatic carbocycles. The molecule has 0 amide bonds. The van der Waals surface area contributed by atoms with E-state index in [1.165, 1.54) is 5.69 Å². The van der Waals surface area contributed by atoms with Crippen molar-refractivity contribution in [3.05, 3.63) is 30.3 Å². The standard InChI is InChI=1S/C21H35N5O.HI/c1-4-22-20(23-18-21(24(2)3)10-16-27-17-11-21)26-14-12-25(13-15-26)19-8-6-5-7-9-19;/h5-9H,4,10-18H2,1-3H3,(H,22,23);1H. The van der Waals surface area contributed by atoms with Gasteiger partial charge in [-0.15, -0.1) is 24.0 Å². The molecule has 0 atom stereocenters. The highest BCUT2D eigenvalue weighted by Gasteiger charge is 2.35. The summed E-state index contributed by atoms with van der Waals surface area (Å²) in [6.45, 7) is 9.59. The Labute approximate surface area is 187 Å². The average molecular weight is 501 g/mol. The summed E-state index contributed by atoms with van der Waals surface area (Å²) in [5, 5.41) is 3.51. The van der Waals surface area contributed by atoms with Crippen molar-refractivity contribution in [1.29, 1.82) is 0 Å². The van der Waals surface area contributed by atoms with Gasteiger partial charge in [0, 0.05) is 57.2 Å². The molecule has 0 unspecified atom stereocenters. The van der Waals surface area contributed by atoms with Crippen molar-refractivity contribution in [2.75, 3.05) is 71.5 Å². The predicted octanol–water partition coefficient (Wildman–Crippen LogP) is 2.50. The number of aliphatic imine (C=N–C) groups is 1. The summed E-state index contributed by atoms with van der Waals surface area (Å²) in [5.41, 5.74) is 1.43. The van der Waals surface area contributed by atoms with Gasteiger partial charge in [0.2, 0.25) is 0 Å². The number of piperazine rings is 1. The van der Waals surface area contributed by atoms with E-state index >= 15 is 0 Å². The lowest BCUT2D eigenvalue weighted by molar-refractivity contribution is -0.00264. The van der Waals surface area contributed by atoms with E-state index in [9.17, 15) is 0 Å². The maximum absolute atomic E-state index is 5.59. The smallest absolute Gasteiger partial charge is 0.194 e. The number of para-hydroxylation sites is 1. The van der Waals surface area contributed by atoms with Crippen LogP contribution in [0.1, 0.15) is 19.8 Å². The minimum absolute atomic E-state index is 0. The fourth-order valence-corrected chi connectivity index (χ4v) is 3.96. The lowest BCUT2D eigenvalue weighted by atomic mass is 9.89. The van der Waals surface area contributed by atoms with Crippen LogP contribution in [0.3, 0.4) is 0 Å². The first-order valence-electron chi connectivity index (χ1n) is 10.2. The normalized spacial score (nSPS) is 20.1. The third-order valence-corrected chi connectivity index (χ3v) is 5.93. The fourth-order valence-electron chi connectivity index (χ4n) is 3.96. The Hall–Kier alpha value is -1.06. The molecule has 7 heteroatoms. The van der Waals surface area contributed by atoms with Crippen LogP contribution >= 0.6 is 24.0 Å². The zero-order valence-electron chi connectivity index (χ0n) is 17.6. The van der Waals surface area contributed by atoms with Crippen molar-refractivity contribution in [3.8, 4) is 0 Å². The highest BCUT2D eigenvalue weighted by molar-refractivity contribution is 14.0. The molecule has 0 aromatic heterocycles. The number of rotatable bonds is 5. The van der Waals surface area contributed by atoms with Crippen LogP contribution in [0.2, 0.25) is 0 Å². The van der Waals surface area contributed by atoms with Crippen LogP contribution in [0.4, 0.5) is 5.69 Å². The summed E-state index contributed by atoms with van der Waals surface area (Å²) in [5.74, 6) is 1.05. The van der Waals surface area contributed by atoms with Gasteiger partial charge in [-0.05, 0) is 46.0 Å². The number of halogens is 1. The van der Waals surface area contributed by atoms with E-state index in [1.807, 2.05) is 0 Å². The van der Waals surface area contributed by atoms with E-state index in [0.29, 0.717) is 0 Å². The van der Waals surface area contributed by atoms with E-state index in [-0.39, 0.29) is 29.5 Å². The first-order valence-corrected chi connectivity index (χ1v) is 10.2. The first-order chi connectivity index (χ1) is 13.1. The highest BCUT2D eigenvalue weighted by atomic mass is 127. The van der Waals surface area contributed by atoms with Gasteiger partial charge in [-0.2, -0.15) is 0 Å². The number of guanidine groups is 1. The second kappa shape index (κ2) is 11.2. The molecule has 2 aliphatic rings. The van der Waals surface area contributed by atoms with Crippen LogP contribution in [0, 0.1) is 0 Å². The van der Waals surface area contributed by atoms with E-state index in [4.69, 9.17) is 9.73 Å². The lowest BCUT2D eigenvalue weighted by Gasteiger charge is -2.42. The molecular weight excluding hydrogens is 465 g/mol. The summed E-state index contributed by atoms with van der Waals surface area (Å²) in [7, 11) is 4.35. The third-order valence-electron chi connectivity index (χ3n) is 5.93. The van der Waals surface area contributed by atoms with E-state index < -0.39 is 0 Å². The van der Waals surface area contributed by atoms with Gasteiger partial charge >= 0.3 is 0 Å². The Morgan fingerprint density at radius 3 is 2.32 bits per heavy atom. The molecule has 2 heterocycles. The van der Waals surface area contributed by atoms with E-state index in [0.717, 1.165) is 71.3 Å². The van der Waals surface area contributed by atoms with Crippen LogP contribution in [-0.4, -0.2) is 87.9 Å². The molecule has 2 fully saturated rings. The number of hydrogen-bond donors (Lipinski definition) is 1. The van der Waals surface area contributed by atoms with Gasteiger partial charge in [0.15, 0.2) is 5.96 Å². The topological polar surface area (TPSA) is 43.3 Å². The summed E-state index contributed by atoms with van der Waals surface area (Å²) < 4.78 is 5.59. The molecule has 0 bridgehead atoms. The second-order valence-corrected chi connectivity index (χ2v) is 7.71. The number of nitrogens with one attached hydrogen (secondary N) is 1. The molecular formula is C21H36IN5O. The SMILES string of the molecule is CCNC(=NCC1(N(C)C)CCOCC1)N1CCN(c2ccccc2)CC1.I. The average Bonchev–Trinajstić information content (AvgIpc) is 2.72. The molecule has 3 rings (SSSR count). The van der Waals surface area contributed by atoms with Crippen LogP contribution < -0.4 is 10.2 Å². The number of benzene rings is 1. The molecule has 2 saturated heterocycles. The Bertz CT molecular complexity index is 596. The Balaban J connectivity index is 0.00000280. The summed E-state index contributed by atoms with van der Waals surface area (Å²) >= 11 is 0. The summed E-state index contributed by atoms with van der Waals surface area (Å²) in [6, 6.07) is 10.7. The first kappa shape index (κ1) is 23.2. The fraction of sp³-hybridized carbons (Fsp3) is 0.667.